The van der Waals surface area contributed by atoms with E-state index in [2.05, 4.69) is 4.18 Å². The van der Waals surface area contributed by atoms with Gasteiger partial charge in [0.2, 0.25) is 0 Å². The SMILES string of the molecule is O=C(O)c1ccccc1COS(=O)(=O)F. The van der Waals surface area contributed by atoms with Crippen LogP contribution in [0.2, 0.25) is 0 Å². The quantitative estimate of drug-likeness (QED) is 0.789. The number of hydrogen-bond donors (Lipinski definition) is 1. The van der Waals surface area contributed by atoms with Gasteiger partial charge in [0.25, 0.3) is 0 Å². The lowest BCUT2D eigenvalue weighted by molar-refractivity contribution is 0.0693. The van der Waals surface area contributed by atoms with Gasteiger partial charge in [-0.3, -0.25) is 0 Å². The molecule has 0 radical (unpaired) electrons. The van der Waals surface area contributed by atoms with Crippen molar-refractivity contribution in [2.24, 2.45) is 0 Å². The molecule has 0 spiro atoms. The van der Waals surface area contributed by atoms with Gasteiger partial charge in [-0.05, 0) is 11.6 Å². The second kappa shape index (κ2) is 4.37. The number of carboxylic acids is 1. The van der Waals surface area contributed by atoms with Crippen LogP contribution in [0.15, 0.2) is 24.3 Å². The predicted octanol–water partition coefficient (Wildman–Crippen LogP) is 1.12. The van der Waals surface area contributed by atoms with E-state index in [0.717, 1.165) is 0 Å². The summed E-state index contributed by atoms with van der Waals surface area (Å²) in [6, 6.07) is 5.58. The first-order chi connectivity index (χ1) is 6.90. The predicted molar refractivity (Wildman–Crippen MR) is 48.2 cm³/mol. The van der Waals surface area contributed by atoms with Gasteiger partial charge in [0, 0.05) is 0 Å². The van der Waals surface area contributed by atoms with Gasteiger partial charge in [0.15, 0.2) is 0 Å². The Bertz CT molecular complexity index is 468. The van der Waals surface area contributed by atoms with Gasteiger partial charge in [0.05, 0.1) is 12.2 Å². The Labute approximate surface area is 85.5 Å². The molecule has 0 amide bonds. The zero-order valence-corrected chi connectivity index (χ0v) is 8.20. The number of carboxylic acid groups (broad SMARTS) is 1. The third-order valence-electron chi connectivity index (χ3n) is 1.60. The Morgan fingerprint density at radius 3 is 2.53 bits per heavy atom. The highest BCUT2D eigenvalue weighted by atomic mass is 32.3. The molecule has 0 atom stereocenters. The van der Waals surface area contributed by atoms with Crippen molar-refractivity contribution in [2.75, 3.05) is 0 Å². The van der Waals surface area contributed by atoms with Gasteiger partial charge in [0.1, 0.15) is 0 Å². The van der Waals surface area contributed by atoms with E-state index in [1.165, 1.54) is 24.3 Å². The molecule has 0 saturated carbocycles. The van der Waals surface area contributed by atoms with E-state index in [0.29, 0.717) is 0 Å². The molecule has 1 rings (SSSR count). The van der Waals surface area contributed by atoms with Crippen LogP contribution in [0.4, 0.5) is 3.89 Å². The fourth-order valence-electron chi connectivity index (χ4n) is 0.989. The maximum Gasteiger partial charge on any atom is 0.437 e. The molecule has 0 saturated heterocycles. The van der Waals surface area contributed by atoms with Crippen LogP contribution in [0.1, 0.15) is 15.9 Å². The average molecular weight is 234 g/mol. The lowest BCUT2D eigenvalue weighted by atomic mass is 10.1. The number of benzene rings is 1. The Hall–Kier alpha value is -1.47. The Balaban J connectivity index is 2.90. The van der Waals surface area contributed by atoms with Crippen LogP contribution in [0.3, 0.4) is 0 Å². The maximum absolute atomic E-state index is 12.0. The molecule has 0 heterocycles. The van der Waals surface area contributed by atoms with E-state index in [1.807, 2.05) is 0 Å². The molecule has 0 aromatic heterocycles. The number of aromatic carboxylic acids is 1. The van der Waals surface area contributed by atoms with Gasteiger partial charge in [-0.2, -0.15) is 8.42 Å². The molecule has 1 aromatic carbocycles. The minimum atomic E-state index is -5.06. The van der Waals surface area contributed by atoms with Gasteiger partial charge in [-0.1, -0.05) is 22.1 Å². The highest BCUT2D eigenvalue weighted by molar-refractivity contribution is 7.81. The normalized spacial score (nSPS) is 11.3. The van der Waals surface area contributed by atoms with Crippen LogP contribution in [0.25, 0.3) is 0 Å². The van der Waals surface area contributed by atoms with E-state index >= 15 is 0 Å². The lowest BCUT2D eigenvalue weighted by Crippen LogP contribution is -2.05. The highest BCUT2D eigenvalue weighted by Gasteiger charge is 2.13. The van der Waals surface area contributed by atoms with Crippen molar-refractivity contribution in [2.45, 2.75) is 6.61 Å². The summed E-state index contributed by atoms with van der Waals surface area (Å²) in [5, 5.41) is 8.70. The smallest absolute Gasteiger partial charge is 0.437 e. The summed E-state index contributed by atoms with van der Waals surface area (Å²) >= 11 is 0. The number of halogens is 1. The zero-order chi connectivity index (χ0) is 11.5. The lowest BCUT2D eigenvalue weighted by Gasteiger charge is -2.03. The molecule has 1 aromatic rings. The summed E-state index contributed by atoms with van der Waals surface area (Å²) in [5.74, 6) is -1.23. The minimum Gasteiger partial charge on any atom is -0.478 e. The number of hydrogen-bond acceptors (Lipinski definition) is 4. The molecule has 82 valence electrons. The third kappa shape index (κ3) is 3.64. The van der Waals surface area contributed by atoms with E-state index in [1.54, 1.807) is 0 Å². The van der Waals surface area contributed by atoms with Gasteiger partial charge >= 0.3 is 16.5 Å². The minimum absolute atomic E-state index is 0.0891. The second-order valence-corrected chi connectivity index (χ2v) is 3.64. The summed E-state index contributed by atoms with van der Waals surface area (Å²) in [7, 11) is -5.06. The largest absolute Gasteiger partial charge is 0.478 e. The van der Waals surface area contributed by atoms with E-state index in [9.17, 15) is 17.1 Å². The van der Waals surface area contributed by atoms with Crippen molar-refractivity contribution >= 4 is 16.5 Å². The first-order valence-corrected chi connectivity index (χ1v) is 5.11. The molecular weight excluding hydrogens is 227 g/mol. The summed E-state index contributed by atoms with van der Waals surface area (Å²) in [6.45, 7) is -0.638. The van der Waals surface area contributed by atoms with Crippen molar-refractivity contribution in [3.05, 3.63) is 35.4 Å². The third-order valence-corrected chi connectivity index (χ3v) is 2.00. The fraction of sp³-hybridized carbons (Fsp3) is 0.125. The van der Waals surface area contributed by atoms with Gasteiger partial charge in [-0.15, -0.1) is 0 Å². The molecule has 0 aliphatic rings. The molecular formula is C8H7FO5S. The van der Waals surface area contributed by atoms with Gasteiger partial charge in [-0.25, -0.2) is 8.98 Å². The Morgan fingerprint density at radius 2 is 2.00 bits per heavy atom. The number of rotatable bonds is 4. The molecule has 0 fully saturated rings. The zero-order valence-electron chi connectivity index (χ0n) is 7.38. The molecule has 15 heavy (non-hydrogen) atoms. The van der Waals surface area contributed by atoms with Crippen LogP contribution in [-0.2, 0) is 21.3 Å². The summed E-state index contributed by atoms with van der Waals surface area (Å²) < 4.78 is 36.0. The first kappa shape index (κ1) is 11.6. The first-order valence-electron chi connectivity index (χ1n) is 3.80. The van der Waals surface area contributed by atoms with E-state index < -0.39 is 23.1 Å². The average Bonchev–Trinajstić information content (AvgIpc) is 2.14. The topological polar surface area (TPSA) is 80.7 Å². The fourth-order valence-corrected chi connectivity index (χ4v) is 1.26. The molecule has 5 nitrogen and oxygen atoms in total. The molecule has 0 aliphatic carbocycles. The highest BCUT2D eigenvalue weighted by Crippen LogP contribution is 2.11. The van der Waals surface area contributed by atoms with Crippen molar-refractivity contribution in [3.8, 4) is 0 Å². The summed E-state index contributed by atoms with van der Waals surface area (Å²) in [6.07, 6.45) is 0. The second-order valence-electron chi connectivity index (χ2n) is 2.62. The molecule has 0 unspecified atom stereocenters. The van der Waals surface area contributed by atoms with Crippen molar-refractivity contribution < 1.29 is 26.4 Å². The van der Waals surface area contributed by atoms with E-state index in [-0.39, 0.29) is 11.1 Å². The van der Waals surface area contributed by atoms with Crippen LogP contribution in [0, 0.1) is 0 Å². The van der Waals surface area contributed by atoms with Crippen molar-refractivity contribution in [1.82, 2.24) is 0 Å². The molecule has 1 N–H and O–H groups in total. The van der Waals surface area contributed by atoms with Crippen molar-refractivity contribution in [1.29, 1.82) is 0 Å². The van der Waals surface area contributed by atoms with Crippen LogP contribution < -0.4 is 0 Å². The van der Waals surface area contributed by atoms with Crippen LogP contribution >= 0.6 is 0 Å². The Morgan fingerprint density at radius 1 is 1.40 bits per heavy atom. The van der Waals surface area contributed by atoms with Crippen molar-refractivity contribution in [3.63, 3.8) is 0 Å². The monoisotopic (exact) mass is 234 g/mol. The summed E-state index contributed by atoms with van der Waals surface area (Å²) in [4.78, 5) is 10.6. The van der Waals surface area contributed by atoms with Gasteiger partial charge < -0.3 is 5.11 Å². The molecule has 7 heteroatoms. The summed E-state index contributed by atoms with van der Waals surface area (Å²) in [5.41, 5.74) is -0.0348. The maximum atomic E-state index is 12.0. The standard InChI is InChI=1S/C8H7FO5S/c9-15(12,13)14-5-6-3-1-2-4-7(6)8(10)11/h1-4H,5H2,(H,10,11). The Kier molecular flexibility index (Phi) is 3.38. The van der Waals surface area contributed by atoms with Crippen LogP contribution in [0.5, 0.6) is 0 Å². The molecule has 0 aliphatic heterocycles. The number of carbonyl (C=O) groups is 1. The molecule has 0 bridgehead atoms. The van der Waals surface area contributed by atoms with Crippen LogP contribution in [-0.4, -0.2) is 19.5 Å². The van der Waals surface area contributed by atoms with E-state index in [4.69, 9.17) is 5.11 Å².